The van der Waals surface area contributed by atoms with Gasteiger partial charge in [0.1, 0.15) is 0 Å². The molecule has 0 aromatic heterocycles. The minimum absolute atomic E-state index is 0.625. The van der Waals surface area contributed by atoms with E-state index in [9.17, 15) is 0 Å². The van der Waals surface area contributed by atoms with Crippen LogP contribution in [0.1, 0.15) is 26.2 Å². The van der Waals surface area contributed by atoms with E-state index in [4.69, 9.17) is 0 Å². The fourth-order valence-electron chi connectivity index (χ4n) is 2.18. The largest absolute Gasteiger partial charge is 0.380 e. The number of hydrogen-bond donors (Lipinski definition) is 1. The van der Waals surface area contributed by atoms with E-state index in [-0.39, 0.29) is 0 Å². The van der Waals surface area contributed by atoms with Crippen molar-refractivity contribution < 1.29 is 0 Å². The van der Waals surface area contributed by atoms with Crippen LogP contribution < -0.4 is 5.32 Å². The number of anilines is 1. The van der Waals surface area contributed by atoms with Crippen molar-refractivity contribution in [1.82, 2.24) is 0 Å². The lowest BCUT2D eigenvalue weighted by atomic mass is 10.1. The number of rotatable bonds is 2. The molecule has 0 aliphatic heterocycles. The van der Waals surface area contributed by atoms with Crippen LogP contribution in [0, 0.1) is 5.92 Å². The van der Waals surface area contributed by atoms with Gasteiger partial charge in [-0.2, -0.15) is 0 Å². The zero-order chi connectivity index (χ0) is 10.8. The minimum Gasteiger partial charge on any atom is -0.380 e. The SMILES string of the molecule is CC1CCCC1Nc1c(Br)cccc1Br. The van der Waals surface area contributed by atoms with Crippen molar-refractivity contribution in [1.29, 1.82) is 0 Å². The van der Waals surface area contributed by atoms with Crippen molar-refractivity contribution in [2.24, 2.45) is 5.92 Å². The average Bonchev–Trinajstić information content (AvgIpc) is 2.58. The Hall–Kier alpha value is -0.0200. The second-order valence-corrected chi connectivity index (χ2v) is 5.96. The Morgan fingerprint density at radius 2 is 1.87 bits per heavy atom. The van der Waals surface area contributed by atoms with Crippen molar-refractivity contribution in [3.05, 3.63) is 27.1 Å². The molecule has 1 N–H and O–H groups in total. The first-order valence-corrected chi connectivity index (χ1v) is 6.97. The number of halogens is 2. The highest BCUT2D eigenvalue weighted by molar-refractivity contribution is 9.11. The molecule has 0 saturated heterocycles. The molecule has 0 spiro atoms. The molecule has 2 unspecified atom stereocenters. The Bertz CT molecular complexity index is 331. The quantitative estimate of drug-likeness (QED) is 0.819. The highest BCUT2D eigenvalue weighted by Crippen LogP contribution is 2.35. The Balaban J connectivity index is 2.16. The van der Waals surface area contributed by atoms with Gasteiger partial charge in [0.25, 0.3) is 0 Å². The van der Waals surface area contributed by atoms with Gasteiger partial charge in [-0.25, -0.2) is 0 Å². The van der Waals surface area contributed by atoms with Crippen LogP contribution in [0.25, 0.3) is 0 Å². The minimum atomic E-state index is 0.625. The summed E-state index contributed by atoms with van der Waals surface area (Å²) in [6.07, 6.45) is 3.98. The molecule has 0 radical (unpaired) electrons. The maximum absolute atomic E-state index is 3.63. The van der Waals surface area contributed by atoms with E-state index in [1.807, 2.05) is 6.07 Å². The van der Waals surface area contributed by atoms with Gasteiger partial charge in [0.2, 0.25) is 0 Å². The second-order valence-electron chi connectivity index (χ2n) is 4.26. The van der Waals surface area contributed by atoms with Gasteiger partial charge < -0.3 is 5.32 Å². The number of para-hydroxylation sites is 1. The van der Waals surface area contributed by atoms with Gasteiger partial charge in [0.15, 0.2) is 0 Å². The molecule has 1 saturated carbocycles. The Labute approximate surface area is 108 Å². The topological polar surface area (TPSA) is 12.0 Å². The molecule has 0 bridgehead atoms. The number of nitrogens with one attached hydrogen (secondary N) is 1. The van der Waals surface area contributed by atoms with Gasteiger partial charge in [-0.05, 0) is 62.8 Å². The van der Waals surface area contributed by atoms with Crippen molar-refractivity contribution in [2.75, 3.05) is 5.32 Å². The molecule has 1 aliphatic carbocycles. The molecule has 82 valence electrons. The maximum atomic E-state index is 3.63. The predicted molar refractivity (Wildman–Crippen MR) is 72.3 cm³/mol. The molecule has 1 aromatic carbocycles. The molecule has 1 fully saturated rings. The third-order valence-electron chi connectivity index (χ3n) is 3.15. The van der Waals surface area contributed by atoms with Crippen molar-refractivity contribution in [2.45, 2.75) is 32.2 Å². The van der Waals surface area contributed by atoms with Gasteiger partial charge in [-0.15, -0.1) is 0 Å². The summed E-state index contributed by atoms with van der Waals surface area (Å²) in [4.78, 5) is 0. The molecule has 3 heteroatoms. The third kappa shape index (κ3) is 2.56. The monoisotopic (exact) mass is 331 g/mol. The molecule has 2 atom stereocenters. The van der Waals surface area contributed by atoms with Crippen LogP contribution in [0.15, 0.2) is 27.1 Å². The van der Waals surface area contributed by atoms with Crippen molar-refractivity contribution >= 4 is 37.5 Å². The first kappa shape index (κ1) is 11.5. The van der Waals surface area contributed by atoms with Crippen LogP contribution >= 0.6 is 31.9 Å². The fraction of sp³-hybridized carbons (Fsp3) is 0.500. The van der Waals surface area contributed by atoms with E-state index in [1.165, 1.54) is 24.9 Å². The van der Waals surface area contributed by atoms with Gasteiger partial charge in [0, 0.05) is 15.0 Å². The van der Waals surface area contributed by atoms with Gasteiger partial charge in [-0.1, -0.05) is 19.4 Å². The number of benzene rings is 1. The number of hydrogen-bond acceptors (Lipinski definition) is 1. The lowest BCUT2D eigenvalue weighted by Crippen LogP contribution is -2.22. The van der Waals surface area contributed by atoms with Crippen molar-refractivity contribution in [3.63, 3.8) is 0 Å². The van der Waals surface area contributed by atoms with E-state index < -0.39 is 0 Å². The summed E-state index contributed by atoms with van der Waals surface area (Å²) >= 11 is 7.16. The van der Waals surface area contributed by atoms with E-state index in [0.29, 0.717) is 6.04 Å². The highest BCUT2D eigenvalue weighted by Gasteiger charge is 2.24. The Kier molecular flexibility index (Phi) is 3.73. The molecule has 15 heavy (non-hydrogen) atoms. The van der Waals surface area contributed by atoms with E-state index in [2.05, 4.69) is 56.2 Å². The summed E-state index contributed by atoms with van der Waals surface area (Å²) in [5.74, 6) is 0.781. The zero-order valence-electron chi connectivity index (χ0n) is 8.76. The Morgan fingerprint density at radius 1 is 1.20 bits per heavy atom. The van der Waals surface area contributed by atoms with E-state index in [0.717, 1.165) is 14.9 Å². The summed E-state index contributed by atoms with van der Waals surface area (Å²) in [5, 5.41) is 3.63. The smallest absolute Gasteiger partial charge is 0.0631 e. The first-order valence-electron chi connectivity index (χ1n) is 5.39. The molecule has 0 amide bonds. The normalized spacial score (nSPS) is 25.5. The zero-order valence-corrected chi connectivity index (χ0v) is 11.9. The van der Waals surface area contributed by atoms with Crippen LogP contribution in [0.2, 0.25) is 0 Å². The van der Waals surface area contributed by atoms with Crippen molar-refractivity contribution in [3.8, 4) is 0 Å². The van der Waals surface area contributed by atoms with Crippen LogP contribution in [0.5, 0.6) is 0 Å². The molecule has 0 heterocycles. The first-order chi connectivity index (χ1) is 7.18. The average molecular weight is 333 g/mol. The van der Waals surface area contributed by atoms with Crippen LogP contribution in [-0.4, -0.2) is 6.04 Å². The van der Waals surface area contributed by atoms with Crippen LogP contribution in [0.3, 0.4) is 0 Å². The highest BCUT2D eigenvalue weighted by atomic mass is 79.9. The Morgan fingerprint density at radius 3 is 2.40 bits per heavy atom. The summed E-state index contributed by atoms with van der Waals surface area (Å²) in [6.45, 7) is 2.33. The predicted octanol–water partition coefficient (Wildman–Crippen LogP) is 4.81. The van der Waals surface area contributed by atoms with E-state index >= 15 is 0 Å². The molecule has 1 aliphatic rings. The summed E-state index contributed by atoms with van der Waals surface area (Å²) in [7, 11) is 0. The van der Waals surface area contributed by atoms with Gasteiger partial charge in [-0.3, -0.25) is 0 Å². The molecular formula is C12H15Br2N. The summed E-state index contributed by atoms with van der Waals surface area (Å²) in [5.41, 5.74) is 1.19. The van der Waals surface area contributed by atoms with Crippen LogP contribution in [0.4, 0.5) is 5.69 Å². The van der Waals surface area contributed by atoms with E-state index in [1.54, 1.807) is 0 Å². The second kappa shape index (κ2) is 4.88. The standard InChI is InChI=1S/C12H15Br2N/c1-8-4-2-7-11(8)15-12-9(13)5-3-6-10(12)14/h3,5-6,8,11,15H,2,4,7H2,1H3. The summed E-state index contributed by atoms with van der Waals surface area (Å²) in [6, 6.07) is 6.82. The third-order valence-corrected chi connectivity index (χ3v) is 4.48. The molecular weight excluding hydrogens is 318 g/mol. The maximum Gasteiger partial charge on any atom is 0.0631 e. The van der Waals surface area contributed by atoms with Gasteiger partial charge >= 0.3 is 0 Å². The fourth-order valence-corrected chi connectivity index (χ4v) is 3.41. The van der Waals surface area contributed by atoms with Crippen LogP contribution in [-0.2, 0) is 0 Å². The lowest BCUT2D eigenvalue weighted by molar-refractivity contribution is 0.556. The summed E-state index contributed by atoms with van der Waals surface area (Å²) < 4.78 is 2.27. The lowest BCUT2D eigenvalue weighted by Gasteiger charge is -2.20. The molecule has 2 rings (SSSR count). The molecule has 1 nitrogen and oxygen atoms in total. The molecule has 1 aromatic rings. The van der Waals surface area contributed by atoms with Gasteiger partial charge in [0.05, 0.1) is 5.69 Å².